The van der Waals surface area contributed by atoms with E-state index >= 15 is 0 Å². The van der Waals surface area contributed by atoms with Gasteiger partial charge in [-0.1, -0.05) is 0 Å². The Morgan fingerprint density at radius 3 is 2.58 bits per heavy atom. The molecule has 12 heavy (non-hydrogen) atoms. The standard InChI is InChI=1S/C7H6FNO3/c8-4-2-1-3(7(11)12)5(9)6(4)10/h1-2,10H,9H2,(H,11,12). The number of hydrogen-bond donors (Lipinski definition) is 3. The summed E-state index contributed by atoms with van der Waals surface area (Å²) in [5.74, 6) is -3.06. The van der Waals surface area contributed by atoms with Crippen LogP contribution in [0.5, 0.6) is 5.75 Å². The first-order valence-corrected chi connectivity index (χ1v) is 3.04. The molecular formula is C7H6FNO3. The highest BCUT2D eigenvalue weighted by atomic mass is 19.1. The van der Waals surface area contributed by atoms with Gasteiger partial charge in [0.15, 0.2) is 11.6 Å². The van der Waals surface area contributed by atoms with Crippen molar-refractivity contribution in [3.63, 3.8) is 0 Å². The second kappa shape index (κ2) is 2.69. The Morgan fingerprint density at radius 1 is 1.50 bits per heavy atom. The van der Waals surface area contributed by atoms with Crippen LogP contribution in [-0.4, -0.2) is 16.2 Å². The second-order valence-corrected chi connectivity index (χ2v) is 2.16. The van der Waals surface area contributed by atoms with E-state index in [-0.39, 0.29) is 5.56 Å². The number of phenolic OH excluding ortho intramolecular Hbond substituents is 1. The number of aromatic hydroxyl groups is 1. The molecule has 0 spiro atoms. The average Bonchev–Trinajstić information content (AvgIpc) is 2.00. The molecule has 0 aliphatic heterocycles. The van der Waals surface area contributed by atoms with Gasteiger partial charge in [-0.2, -0.15) is 0 Å². The fraction of sp³-hybridized carbons (Fsp3) is 0. The number of phenols is 1. The van der Waals surface area contributed by atoms with E-state index in [1.165, 1.54) is 0 Å². The van der Waals surface area contributed by atoms with Crippen molar-refractivity contribution in [3.05, 3.63) is 23.5 Å². The molecule has 1 aromatic rings. The van der Waals surface area contributed by atoms with Crippen LogP contribution < -0.4 is 5.73 Å². The molecule has 0 bridgehead atoms. The Hall–Kier alpha value is -1.78. The van der Waals surface area contributed by atoms with Crippen molar-refractivity contribution in [3.8, 4) is 5.75 Å². The average molecular weight is 171 g/mol. The summed E-state index contributed by atoms with van der Waals surface area (Å²) in [4.78, 5) is 10.4. The largest absolute Gasteiger partial charge is 0.503 e. The van der Waals surface area contributed by atoms with Gasteiger partial charge in [0.05, 0.1) is 11.3 Å². The normalized spacial score (nSPS) is 9.75. The van der Waals surface area contributed by atoms with Gasteiger partial charge in [-0.3, -0.25) is 0 Å². The van der Waals surface area contributed by atoms with Gasteiger partial charge in [-0.05, 0) is 12.1 Å². The zero-order chi connectivity index (χ0) is 9.30. The van der Waals surface area contributed by atoms with E-state index < -0.39 is 23.2 Å². The van der Waals surface area contributed by atoms with Crippen LogP contribution in [0.1, 0.15) is 10.4 Å². The molecule has 0 amide bonds. The highest BCUT2D eigenvalue weighted by molar-refractivity contribution is 5.95. The maximum Gasteiger partial charge on any atom is 0.337 e. The minimum atomic E-state index is -1.30. The van der Waals surface area contributed by atoms with Crippen LogP contribution in [0.4, 0.5) is 10.1 Å². The SMILES string of the molecule is Nc1c(C(=O)O)ccc(F)c1O. The molecule has 1 aromatic carbocycles. The summed E-state index contributed by atoms with van der Waals surface area (Å²) >= 11 is 0. The van der Waals surface area contributed by atoms with Gasteiger partial charge < -0.3 is 15.9 Å². The quantitative estimate of drug-likeness (QED) is 0.431. The molecule has 0 radical (unpaired) electrons. The lowest BCUT2D eigenvalue weighted by atomic mass is 10.1. The zero-order valence-electron chi connectivity index (χ0n) is 5.91. The number of carboxylic acids is 1. The van der Waals surface area contributed by atoms with E-state index in [9.17, 15) is 9.18 Å². The van der Waals surface area contributed by atoms with Crippen LogP contribution in [0.15, 0.2) is 12.1 Å². The second-order valence-electron chi connectivity index (χ2n) is 2.16. The Labute approximate surface area is 67.1 Å². The molecule has 4 nitrogen and oxygen atoms in total. The maximum atomic E-state index is 12.5. The van der Waals surface area contributed by atoms with Gasteiger partial charge in [0, 0.05) is 0 Å². The molecular weight excluding hydrogens is 165 g/mol. The van der Waals surface area contributed by atoms with Crippen molar-refractivity contribution < 1.29 is 19.4 Å². The van der Waals surface area contributed by atoms with Crippen molar-refractivity contribution in [2.75, 3.05) is 5.73 Å². The van der Waals surface area contributed by atoms with E-state index in [1.807, 2.05) is 0 Å². The summed E-state index contributed by atoms with van der Waals surface area (Å²) in [6.07, 6.45) is 0. The number of anilines is 1. The van der Waals surface area contributed by atoms with Crippen LogP contribution in [0.2, 0.25) is 0 Å². The topological polar surface area (TPSA) is 83.6 Å². The van der Waals surface area contributed by atoms with Gasteiger partial charge in [0.2, 0.25) is 0 Å². The van der Waals surface area contributed by atoms with Crippen molar-refractivity contribution in [1.82, 2.24) is 0 Å². The molecule has 64 valence electrons. The lowest BCUT2D eigenvalue weighted by Gasteiger charge is -2.02. The molecule has 0 saturated carbocycles. The molecule has 0 heterocycles. The molecule has 0 aliphatic carbocycles. The van der Waals surface area contributed by atoms with Crippen molar-refractivity contribution >= 4 is 11.7 Å². The smallest absolute Gasteiger partial charge is 0.337 e. The number of aromatic carboxylic acids is 1. The number of carbonyl (C=O) groups is 1. The molecule has 0 atom stereocenters. The number of rotatable bonds is 1. The first-order valence-electron chi connectivity index (χ1n) is 3.04. The highest BCUT2D eigenvalue weighted by Crippen LogP contribution is 2.26. The minimum absolute atomic E-state index is 0.311. The van der Waals surface area contributed by atoms with Crippen LogP contribution >= 0.6 is 0 Å². The lowest BCUT2D eigenvalue weighted by Crippen LogP contribution is -2.03. The molecule has 4 N–H and O–H groups in total. The maximum absolute atomic E-state index is 12.5. The third-order valence-electron chi connectivity index (χ3n) is 1.40. The fourth-order valence-corrected chi connectivity index (χ4v) is 0.768. The summed E-state index contributed by atoms with van der Waals surface area (Å²) in [5, 5.41) is 17.3. The fourth-order valence-electron chi connectivity index (χ4n) is 0.768. The predicted octanol–water partition coefficient (Wildman–Crippen LogP) is 0.812. The molecule has 0 saturated heterocycles. The van der Waals surface area contributed by atoms with Crippen LogP contribution in [0.3, 0.4) is 0 Å². The number of halogens is 1. The number of nitrogen functional groups attached to an aromatic ring is 1. The Kier molecular flexibility index (Phi) is 1.86. The van der Waals surface area contributed by atoms with Gasteiger partial charge >= 0.3 is 5.97 Å². The first-order chi connectivity index (χ1) is 5.54. The van der Waals surface area contributed by atoms with Crippen LogP contribution in [-0.2, 0) is 0 Å². The Bertz CT molecular complexity index is 338. The Morgan fingerprint density at radius 2 is 2.08 bits per heavy atom. The van der Waals surface area contributed by atoms with E-state index in [0.717, 1.165) is 12.1 Å². The third kappa shape index (κ3) is 1.16. The minimum Gasteiger partial charge on any atom is -0.503 e. The number of carboxylic acid groups (broad SMARTS) is 1. The molecule has 0 unspecified atom stereocenters. The molecule has 0 aromatic heterocycles. The summed E-state index contributed by atoms with van der Waals surface area (Å²) in [6.45, 7) is 0. The van der Waals surface area contributed by atoms with Gasteiger partial charge in [-0.25, -0.2) is 9.18 Å². The van der Waals surface area contributed by atoms with E-state index in [0.29, 0.717) is 0 Å². The monoisotopic (exact) mass is 171 g/mol. The van der Waals surface area contributed by atoms with Gasteiger partial charge in [0.1, 0.15) is 0 Å². The summed E-state index contributed by atoms with van der Waals surface area (Å²) < 4.78 is 12.5. The summed E-state index contributed by atoms with van der Waals surface area (Å²) in [6, 6.07) is 1.84. The third-order valence-corrected chi connectivity index (χ3v) is 1.40. The molecule has 5 heteroatoms. The van der Waals surface area contributed by atoms with E-state index in [4.69, 9.17) is 15.9 Å². The molecule has 0 aliphatic rings. The number of nitrogens with two attached hydrogens (primary N) is 1. The first kappa shape index (κ1) is 8.32. The van der Waals surface area contributed by atoms with Crippen molar-refractivity contribution in [2.24, 2.45) is 0 Å². The number of hydrogen-bond acceptors (Lipinski definition) is 3. The van der Waals surface area contributed by atoms with Gasteiger partial charge in [-0.15, -0.1) is 0 Å². The van der Waals surface area contributed by atoms with E-state index in [2.05, 4.69) is 0 Å². The van der Waals surface area contributed by atoms with E-state index in [1.54, 1.807) is 0 Å². The summed E-state index contributed by atoms with van der Waals surface area (Å²) in [7, 11) is 0. The number of benzene rings is 1. The molecule has 1 rings (SSSR count). The van der Waals surface area contributed by atoms with Crippen LogP contribution in [0.25, 0.3) is 0 Å². The zero-order valence-corrected chi connectivity index (χ0v) is 5.91. The van der Waals surface area contributed by atoms with Gasteiger partial charge in [0.25, 0.3) is 0 Å². The highest BCUT2D eigenvalue weighted by Gasteiger charge is 2.13. The molecule has 0 fully saturated rings. The lowest BCUT2D eigenvalue weighted by molar-refractivity contribution is 0.0697. The predicted molar refractivity (Wildman–Crippen MR) is 39.4 cm³/mol. The van der Waals surface area contributed by atoms with Crippen LogP contribution in [0, 0.1) is 5.82 Å². The van der Waals surface area contributed by atoms with Crippen molar-refractivity contribution in [2.45, 2.75) is 0 Å². The Balaban J connectivity index is 3.36. The van der Waals surface area contributed by atoms with Crippen molar-refractivity contribution in [1.29, 1.82) is 0 Å². The summed E-state index contributed by atoms with van der Waals surface area (Å²) in [5.41, 5.74) is 4.35.